The molecule has 1 atom stereocenters. The maximum atomic E-state index is 6.01. The monoisotopic (exact) mass is 377 g/mol. The summed E-state index contributed by atoms with van der Waals surface area (Å²) in [7, 11) is 0. The van der Waals surface area contributed by atoms with E-state index in [9.17, 15) is 0 Å². The molecule has 0 aliphatic heterocycles. The molecular formula is C14H21Br2NO. The van der Waals surface area contributed by atoms with Crippen LogP contribution in [0.1, 0.15) is 39.2 Å². The number of nitrogens with two attached hydrogens (primary N) is 1. The van der Waals surface area contributed by atoms with Crippen molar-refractivity contribution < 1.29 is 4.74 Å². The molecule has 0 radical (unpaired) electrons. The number of rotatable bonds is 6. The molecule has 1 aromatic rings. The molecule has 0 saturated carbocycles. The molecule has 2 nitrogen and oxygen atoms in total. The first-order chi connectivity index (χ1) is 8.47. The summed E-state index contributed by atoms with van der Waals surface area (Å²) in [5.41, 5.74) is 7.03. The highest BCUT2D eigenvalue weighted by Crippen LogP contribution is 2.36. The smallest absolute Gasteiger partial charge is 0.148 e. The van der Waals surface area contributed by atoms with E-state index in [-0.39, 0.29) is 12.1 Å². The van der Waals surface area contributed by atoms with Crippen molar-refractivity contribution in [1.29, 1.82) is 0 Å². The molecule has 102 valence electrons. The van der Waals surface area contributed by atoms with Crippen LogP contribution in [0.4, 0.5) is 0 Å². The van der Waals surface area contributed by atoms with E-state index in [0.29, 0.717) is 0 Å². The lowest BCUT2D eigenvalue weighted by Gasteiger charge is -2.19. The summed E-state index contributed by atoms with van der Waals surface area (Å²) in [6, 6.07) is 4.34. The van der Waals surface area contributed by atoms with Crippen LogP contribution in [0.5, 0.6) is 5.75 Å². The first-order valence-electron chi connectivity index (χ1n) is 6.38. The minimum atomic E-state index is 0.162. The van der Waals surface area contributed by atoms with Gasteiger partial charge in [0.1, 0.15) is 5.75 Å². The molecule has 0 aromatic heterocycles. The maximum Gasteiger partial charge on any atom is 0.148 e. The Morgan fingerprint density at radius 3 is 2.06 bits per heavy atom. The van der Waals surface area contributed by atoms with Crippen LogP contribution >= 0.6 is 31.9 Å². The largest absolute Gasteiger partial charge is 0.488 e. The standard InChI is InChI=1S/C14H21Br2NO/c1-4-11(5-2)18-14-12(15)7-10(6-9(3)17)8-13(14)16/h7-9,11H,4-6,17H2,1-3H3. The minimum absolute atomic E-state index is 0.162. The summed E-state index contributed by atoms with van der Waals surface area (Å²) in [6.07, 6.45) is 3.15. The lowest BCUT2D eigenvalue weighted by atomic mass is 10.1. The number of halogens is 2. The van der Waals surface area contributed by atoms with Gasteiger partial charge in [-0.1, -0.05) is 13.8 Å². The molecule has 0 bridgehead atoms. The van der Waals surface area contributed by atoms with E-state index in [0.717, 1.165) is 34.0 Å². The molecule has 4 heteroatoms. The fraction of sp³-hybridized carbons (Fsp3) is 0.571. The van der Waals surface area contributed by atoms with Gasteiger partial charge in [0.15, 0.2) is 0 Å². The predicted molar refractivity (Wildman–Crippen MR) is 84.2 cm³/mol. The molecule has 2 N–H and O–H groups in total. The molecule has 0 heterocycles. The Labute approximate surface area is 127 Å². The van der Waals surface area contributed by atoms with Crippen molar-refractivity contribution in [3.05, 3.63) is 26.6 Å². The lowest BCUT2D eigenvalue weighted by Crippen LogP contribution is -2.18. The molecule has 1 unspecified atom stereocenters. The van der Waals surface area contributed by atoms with E-state index in [1.165, 1.54) is 5.56 Å². The summed E-state index contributed by atoms with van der Waals surface area (Å²) in [5, 5.41) is 0. The molecule has 1 aromatic carbocycles. The Kier molecular flexibility index (Phi) is 6.67. The summed E-state index contributed by atoms with van der Waals surface area (Å²) < 4.78 is 7.98. The molecule has 0 amide bonds. The van der Waals surface area contributed by atoms with Crippen molar-refractivity contribution >= 4 is 31.9 Å². The van der Waals surface area contributed by atoms with Crippen molar-refractivity contribution in [1.82, 2.24) is 0 Å². The normalized spacial score (nSPS) is 12.8. The number of hydrogen-bond acceptors (Lipinski definition) is 2. The van der Waals surface area contributed by atoms with Crippen molar-refractivity contribution in [2.45, 2.75) is 52.2 Å². The molecule has 0 aliphatic rings. The van der Waals surface area contributed by atoms with Crippen LogP contribution in [0.15, 0.2) is 21.1 Å². The Morgan fingerprint density at radius 2 is 1.67 bits per heavy atom. The van der Waals surface area contributed by atoms with Crippen molar-refractivity contribution in [3.8, 4) is 5.75 Å². The molecule has 0 aliphatic carbocycles. The van der Waals surface area contributed by atoms with Crippen LogP contribution in [0.3, 0.4) is 0 Å². The lowest BCUT2D eigenvalue weighted by molar-refractivity contribution is 0.190. The SMILES string of the molecule is CCC(CC)Oc1c(Br)cc(CC(C)N)cc1Br. The van der Waals surface area contributed by atoms with Gasteiger partial charge in [-0.05, 0) is 75.7 Å². The van der Waals surface area contributed by atoms with Crippen LogP contribution in [0.2, 0.25) is 0 Å². The molecule has 0 fully saturated rings. The van der Waals surface area contributed by atoms with Crippen molar-refractivity contribution in [3.63, 3.8) is 0 Å². The topological polar surface area (TPSA) is 35.2 Å². The quantitative estimate of drug-likeness (QED) is 0.780. The molecular weight excluding hydrogens is 358 g/mol. The fourth-order valence-corrected chi connectivity index (χ4v) is 3.30. The van der Waals surface area contributed by atoms with Gasteiger partial charge in [0.2, 0.25) is 0 Å². The average Bonchev–Trinajstić information content (AvgIpc) is 2.27. The highest BCUT2D eigenvalue weighted by molar-refractivity contribution is 9.11. The zero-order valence-corrected chi connectivity index (χ0v) is 14.3. The van der Waals surface area contributed by atoms with Gasteiger partial charge in [-0.2, -0.15) is 0 Å². The van der Waals surface area contributed by atoms with Crippen molar-refractivity contribution in [2.24, 2.45) is 5.73 Å². The minimum Gasteiger partial charge on any atom is -0.488 e. The van der Waals surface area contributed by atoms with Crippen LogP contribution < -0.4 is 10.5 Å². The van der Waals surface area contributed by atoms with Gasteiger partial charge in [-0.15, -0.1) is 0 Å². The number of hydrogen-bond donors (Lipinski definition) is 1. The fourth-order valence-electron chi connectivity index (χ4n) is 1.84. The Hall–Kier alpha value is -0.0600. The zero-order valence-electron chi connectivity index (χ0n) is 11.2. The second-order valence-electron chi connectivity index (χ2n) is 4.63. The van der Waals surface area contributed by atoms with E-state index in [2.05, 4.69) is 57.8 Å². The van der Waals surface area contributed by atoms with E-state index in [1.807, 2.05) is 6.92 Å². The first-order valence-corrected chi connectivity index (χ1v) is 7.96. The van der Waals surface area contributed by atoms with E-state index >= 15 is 0 Å². The second kappa shape index (κ2) is 7.51. The zero-order chi connectivity index (χ0) is 13.7. The molecule has 0 spiro atoms. The summed E-state index contributed by atoms with van der Waals surface area (Å²) in [6.45, 7) is 6.29. The molecule has 1 rings (SSSR count). The molecule has 0 saturated heterocycles. The van der Waals surface area contributed by atoms with Crippen LogP contribution in [0, 0.1) is 0 Å². The van der Waals surface area contributed by atoms with Gasteiger partial charge in [0, 0.05) is 6.04 Å². The van der Waals surface area contributed by atoms with Gasteiger partial charge in [0.25, 0.3) is 0 Å². The van der Waals surface area contributed by atoms with Gasteiger partial charge in [-0.25, -0.2) is 0 Å². The highest BCUT2D eigenvalue weighted by Gasteiger charge is 2.13. The van der Waals surface area contributed by atoms with Crippen molar-refractivity contribution in [2.75, 3.05) is 0 Å². The van der Waals surface area contributed by atoms with Crippen LogP contribution in [0.25, 0.3) is 0 Å². The third-order valence-electron chi connectivity index (χ3n) is 2.81. The first kappa shape index (κ1) is 16.0. The summed E-state index contributed by atoms with van der Waals surface area (Å²) >= 11 is 7.16. The molecule has 18 heavy (non-hydrogen) atoms. The summed E-state index contributed by atoms with van der Waals surface area (Å²) in [5.74, 6) is 0.886. The van der Waals surface area contributed by atoms with Gasteiger partial charge in [0.05, 0.1) is 15.0 Å². The third kappa shape index (κ3) is 4.56. The number of benzene rings is 1. The van der Waals surface area contributed by atoms with Gasteiger partial charge < -0.3 is 10.5 Å². The second-order valence-corrected chi connectivity index (χ2v) is 6.34. The summed E-state index contributed by atoms with van der Waals surface area (Å²) in [4.78, 5) is 0. The average molecular weight is 379 g/mol. The van der Waals surface area contributed by atoms with Gasteiger partial charge >= 0.3 is 0 Å². The number of ether oxygens (including phenoxy) is 1. The van der Waals surface area contributed by atoms with Crippen LogP contribution in [-0.4, -0.2) is 12.1 Å². The maximum absolute atomic E-state index is 6.01. The predicted octanol–water partition coefficient (Wildman–Crippen LogP) is 4.67. The van der Waals surface area contributed by atoms with Crippen LogP contribution in [-0.2, 0) is 6.42 Å². The van der Waals surface area contributed by atoms with Gasteiger partial charge in [-0.3, -0.25) is 0 Å². The highest BCUT2D eigenvalue weighted by atomic mass is 79.9. The third-order valence-corrected chi connectivity index (χ3v) is 3.99. The van der Waals surface area contributed by atoms with E-state index in [4.69, 9.17) is 10.5 Å². The Balaban J connectivity index is 2.93. The Bertz CT molecular complexity index is 366. The van der Waals surface area contributed by atoms with E-state index in [1.54, 1.807) is 0 Å². The Morgan fingerprint density at radius 1 is 1.17 bits per heavy atom. The van der Waals surface area contributed by atoms with E-state index < -0.39 is 0 Å².